The Morgan fingerprint density at radius 3 is 2.72 bits per heavy atom. The minimum absolute atomic E-state index is 0.0798. The fourth-order valence-electron chi connectivity index (χ4n) is 3.13. The van der Waals surface area contributed by atoms with Crippen molar-refractivity contribution in [1.82, 2.24) is 10.3 Å². The van der Waals surface area contributed by atoms with Crippen molar-refractivity contribution in [3.05, 3.63) is 53.1 Å². The van der Waals surface area contributed by atoms with Crippen LogP contribution < -0.4 is 5.32 Å². The third kappa shape index (κ3) is 3.36. The van der Waals surface area contributed by atoms with Crippen LogP contribution in [0, 0.1) is 5.82 Å². The van der Waals surface area contributed by atoms with E-state index in [2.05, 4.69) is 10.3 Å². The van der Waals surface area contributed by atoms with E-state index < -0.39 is 17.6 Å². The quantitative estimate of drug-likeness (QED) is 0.831. The van der Waals surface area contributed by atoms with Crippen LogP contribution in [0.5, 0.6) is 0 Å². The highest BCUT2D eigenvalue weighted by Crippen LogP contribution is 2.39. The molecule has 3 nitrogen and oxygen atoms in total. The summed E-state index contributed by atoms with van der Waals surface area (Å²) in [7, 11) is 0. The normalized spacial score (nSPS) is 16.6. The Balaban J connectivity index is 1.98. The number of aromatic nitrogens is 1. The fraction of sp³-hybridized carbons (Fsp3) is 0.333. The van der Waals surface area contributed by atoms with E-state index in [4.69, 9.17) is 0 Å². The van der Waals surface area contributed by atoms with E-state index in [9.17, 15) is 22.4 Å². The van der Waals surface area contributed by atoms with Crippen molar-refractivity contribution in [1.29, 1.82) is 0 Å². The van der Waals surface area contributed by atoms with Crippen molar-refractivity contribution in [2.24, 2.45) is 0 Å². The first-order chi connectivity index (χ1) is 11.8. The lowest BCUT2D eigenvalue weighted by atomic mass is 9.98. The number of amides is 1. The van der Waals surface area contributed by atoms with Crippen LogP contribution in [0.1, 0.15) is 42.5 Å². The Bertz CT molecular complexity index is 817. The lowest BCUT2D eigenvalue weighted by molar-refractivity contribution is -0.140. The molecule has 3 rings (SSSR count). The second kappa shape index (κ2) is 6.46. The van der Waals surface area contributed by atoms with Crippen LogP contribution in [-0.4, -0.2) is 10.9 Å². The molecule has 0 fully saturated rings. The highest BCUT2D eigenvalue weighted by atomic mass is 19.4. The molecule has 1 heterocycles. The molecule has 7 heteroatoms. The molecule has 1 aliphatic rings. The molecule has 0 bridgehead atoms. The number of alkyl halides is 3. The van der Waals surface area contributed by atoms with Crippen LogP contribution in [-0.2, 0) is 17.4 Å². The maximum atomic E-state index is 13.9. The molecule has 1 aromatic heterocycles. The number of nitrogens with zero attached hydrogens (tertiary/aromatic N) is 1. The van der Waals surface area contributed by atoms with Gasteiger partial charge in [0.1, 0.15) is 5.82 Å². The number of hydrogen-bond acceptors (Lipinski definition) is 2. The Hall–Kier alpha value is -2.44. The van der Waals surface area contributed by atoms with Gasteiger partial charge in [0, 0.05) is 24.4 Å². The molecule has 0 aliphatic heterocycles. The summed E-state index contributed by atoms with van der Waals surface area (Å²) in [4.78, 5) is 15.7. The lowest BCUT2D eigenvalue weighted by Crippen LogP contribution is -2.26. The number of carbonyl (C=O) groups excluding carboxylic acids is 1. The summed E-state index contributed by atoms with van der Waals surface area (Å²) >= 11 is 0. The van der Waals surface area contributed by atoms with E-state index in [0.717, 1.165) is 23.3 Å². The molecule has 0 spiro atoms. The van der Waals surface area contributed by atoms with Gasteiger partial charge in [-0.1, -0.05) is 13.0 Å². The van der Waals surface area contributed by atoms with Gasteiger partial charge in [0.25, 0.3) is 0 Å². The first-order valence-corrected chi connectivity index (χ1v) is 7.94. The summed E-state index contributed by atoms with van der Waals surface area (Å²) in [6, 6.07) is 2.71. The number of nitrogens with one attached hydrogen (secondary N) is 1. The van der Waals surface area contributed by atoms with Gasteiger partial charge in [-0.25, -0.2) is 4.39 Å². The van der Waals surface area contributed by atoms with Crippen LogP contribution in [0.25, 0.3) is 11.1 Å². The van der Waals surface area contributed by atoms with Gasteiger partial charge < -0.3 is 5.32 Å². The number of halogens is 4. The monoisotopic (exact) mass is 352 g/mol. The average Bonchev–Trinajstić information content (AvgIpc) is 2.96. The standard InChI is InChI=1S/C18H16F4N2O/c1-2-17(25)24-16-6-4-11-12(8-23-9-13(11)16)10-3-5-14(15(19)7-10)18(20,21)22/h3,5,7-9,16H,2,4,6H2,1H3,(H,24,25). The SMILES string of the molecule is CCC(=O)NC1CCc2c(-c3ccc(C(F)(F)F)c(F)c3)cncc21. The van der Waals surface area contributed by atoms with E-state index in [-0.39, 0.29) is 11.9 Å². The fourth-order valence-corrected chi connectivity index (χ4v) is 3.13. The van der Waals surface area contributed by atoms with Gasteiger partial charge in [0.05, 0.1) is 11.6 Å². The van der Waals surface area contributed by atoms with Crippen molar-refractivity contribution in [2.75, 3.05) is 0 Å². The minimum Gasteiger partial charge on any atom is -0.349 e. The highest BCUT2D eigenvalue weighted by molar-refractivity contribution is 5.77. The van der Waals surface area contributed by atoms with E-state index >= 15 is 0 Å². The molecule has 0 saturated heterocycles. The van der Waals surface area contributed by atoms with Crippen LogP contribution in [0.4, 0.5) is 17.6 Å². The maximum Gasteiger partial charge on any atom is 0.419 e. The van der Waals surface area contributed by atoms with Crippen LogP contribution in [0.2, 0.25) is 0 Å². The van der Waals surface area contributed by atoms with Crippen LogP contribution in [0.3, 0.4) is 0 Å². The third-order valence-electron chi connectivity index (χ3n) is 4.39. The molecule has 1 aromatic carbocycles. The first-order valence-electron chi connectivity index (χ1n) is 7.94. The highest BCUT2D eigenvalue weighted by Gasteiger charge is 2.34. The van der Waals surface area contributed by atoms with E-state index in [0.29, 0.717) is 30.4 Å². The van der Waals surface area contributed by atoms with Gasteiger partial charge in [-0.3, -0.25) is 9.78 Å². The zero-order valence-electron chi connectivity index (χ0n) is 13.5. The number of fused-ring (bicyclic) bond motifs is 1. The summed E-state index contributed by atoms with van der Waals surface area (Å²) < 4.78 is 52.0. The lowest BCUT2D eigenvalue weighted by Gasteiger charge is -2.14. The number of pyridine rings is 1. The molecule has 132 valence electrons. The molecule has 2 aromatic rings. The Kier molecular flexibility index (Phi) is 4.49. The zero-order valence-corrected chi connectivity index (χ0v) is 13.5. The van der Waals surface area contributed by atoms with E-state index in [1.54, 1.807) is 13.1 Å². The van der Waals surface area contributed by atoms with Gasteiger partial charge in [-0.05, 0) is 41.7 Å². The second-order valence-corrected chi connectivity index (χ2v) is 5.96. The average molecular weight is 352 g/mol. The predicted octanol–water partition coefficient (Wildman–Crippen LogP) is 4.42. The number of carbonyl (C=O) groups is 1. The summed E-state index contributed by atoms with van der Waals surface area (Å²) in [5.74, 6) is -1.39. The topological polar surface area (TPSA) is 42.0 Å². The molecule has 1 amide bonds. The molecule has 0 saturated carbocycles. The van der Waals surface area contributed by atoms with Gasteiger partial charge >= 0.3 is 6.18 Å². The molecule has 1 atom stereocenters. The van der Waals surface area contributed by atoms with Crippen molar-refractivity contribution in [3.63, 3.8) is 0 Å². The van der Waals surface area contributed by atoms with Gasteiger partial charge in [0.2, 0.25) is 5.91 Å². The second-order valence-electron chi connectivity index (χ2n) is 5.96. The molecule has 0 radical (unpaired) electrons. The van der Waals surface area contributed by atoms with E-state index in [1.165, 1.54) is 12.3 Å². The third-order valence-corrected chi connectivity index (χ3v) is 4.39. The predicted molar refractivity (Wildman–Crippen MR) is 84.1 cm³/mol. The number of rotatable bonds is 3. The molecule has 1 N–H and O–H groups in total. The maximum absolute atomic E-state index is 13.9. The molecule has 1 unspecified atom stereocenters. The summed E-state index contributed by atoms with van der Waals surface area (Å²) in [5.41, 5.74) is 1.37. The summed E-state index contributed by atoms with van der Waals surface area (Å²) in [5, 5.41) is 2.90. The smallest absolute Gasteiger partial charge is 0.349 e. The minimum atomic E-state index is -4.73. The Labute approximate surface area is 142 Å². The van der Waals surface area contributed by atoms with E-state index in [1.807, 2.05) is 0 Å². The molecular formula is C18H16F4N2O. The Morgan fingerprint density at radius 2 is 2.08 bits per heavy atom. The summed E-state index contributed by atoms with van der Waals surface area (Å²) in [6.07, 6.45) is 0.128. The Morgan fingerprint density at radius 1 is 1.32 bits per heavy atom. The van der Waals surface area contributed by atoms with Gasteiger partial charge in [0.15, 0.2) is 0 Å². The van der Waals surface area contributed by atoms with Crippen molar-refractivity contribution < 1.29 is 22.4 Å². The van der Waals surface area contributed by atoms with Crippen molar-refractivity contribution in [3.8, 4) is 11.1 Å². The molecular weight excluding hydrogens is 336 g/mol. The van der Waals surface area contributed by atoms with Crippen LogP contribution >= 0.6 is 0 Å². The largest absolute Gasteiger partial charge is 0.419 e. The molecule has 25 heavy (non-hydrogen) atoms. The van der Waals surface area contributed by atoms with Gasteiger partial charge in [-0.2, -0.15) is 13.2 Å². The zero-order chi connectivity index (χ0) is 18.2. The van der Waals surface area contributed by atoms with Crippen LogP contribution in [0.15, 0.2) is 30.6 Å². The van der Waals surface area contributed by atoms with Crippen molar-refractivity contribution >= 4 is 5.91 Å². The van der Waals surface area contributed by atoms with Crippen molar-refractivity contribution in [2.45, 2.75) is 38.4 Å². The van der Waals surface area contributed by atoms with Gasteiger partial charge in [-0.15, -0.1) is 0 Å². The molecule has 1 aliphatic carbocycles. The summed E-state index contributed by atoms with van der Waals surface area (Å²) in [6.45, 7) is 1.75. The first kappa shape index (κ1) is 17.4. The number of benzene rings is 1. The number of hydrogen-bond donors (Lipinski definition) is 1.